The Hall–Kier alpha value is -7.89. The van der Waals surface area contributed by atoms with E-state index in [4.69, 9.17) is 5.73 Å². The highest BCUT2D eigenvalue weighted by Gasteiger charge is 2.36. The van der Waals surface area contributed by atoms with Gasteiger partial charge in [-0.25, -0.2) is 4.98 Å². The van der Waals surface area contributed by atoms with Crippen LogP contribution in [0.3, 0.4) is 0 Å². The monoisotopic (exact) mass is 1050 g/mol. The van der Waals surface area contributed by atoms with Crippen molar-refractivity contribution in [3.05, 3.63) is 54.1 Å². The Morgan fingerprint density at radius 3 is 1.70 bits per heavy atom. The van der Waals surface area contributed by atoms with E-state index in [2.05, 4.69) is 57.8 Å². The molecule has 0 unspecified atom stereocenters. The Kier molecular flexibility index (Phi) is 26.5. The third-order valence-corrected chi connectivity index (χ3v) is 10.5. The molecule has 0 spiro atoms. The molecule has 0 saturated carbocycles. The van der Waals surface area contributed by atoms with E-state index >= 15 is 0 Å². The van der Waals surface area contributed by atoms with Crippen LogP contribution < -0.4 is 53.6 Å². The van der Waals surface area contributed by atoms with Crippen LogP contribution in [0, 0.1) is 5.92 Å². The number of nitrogens with two attached hydrogens (primary N) is 1. The first-order chi connectivity index (χ1) is 34.8. The van der Waals surface area contributed by atoms with E-state index < -0.39 is 165 Å². The molecule has 2 rings (SSSR count). The summed E-state index contributed by atoms with van der Waals surface area (Å²) in [6, 6.07) is -4.95. The van der Waals surface area contributed by atoms with E-state index in [0.29, 0.717) is 11.3 Å². The molecule has 1 aromatic heterocycles. The lowest BCUT2D eigenvalue weighted by Gasteiger charge is -2.28. The zero-order valence-electron chi connectivity index (χ0n) is 40.9. The zero-order chi connectivity index (χ0) is 55.7. The van der Waals surface area contributed by atoms with Crippen LogP contribution in [0.5, 0.6) is 0 Å². The molecule has 1 heterocycles. The van der Waals surface area contributed by atoms with Gasteiger partial charge in [0, 0.05) is 25.5 Å². The Bertz CT molecular complexity index is 2250. The van der Waals surface area contributed by atoms with Crippen molar-refractivity contribution in [2.45, 2.75) is 127 Å². The average molecular weight is 1050 g/mol. The Balaban J connectivity index is 2.20. The van der Waals surface area contributed by atoms with E-state index in [1.807, 2.05) is 0 Å². The maximum Gasteiger partial charge on any atom is 0.305 e. The quantitative estimate of drug-likeness (QED) is 0.0316. The number of aliphatic hydroxyl groups excluding tert-OH is 3. The molecule has 0 aliphatic heterocycles. The molecule has 17 N–H and O–H groups in total. The number of H-pyrrole nitrogens is 1. The number of amides is 9. The van der Waals surface area contributed by atoms with Crippen molar-refractivity contribution in [1.82, 2.24) is 57.8 Å². The number of carboxylic acids is 2. The smallest absolute Gasteiger partial charge is 0.305 e. The SMILES string of the molecule is CC(C)C[C@@H]([C]=O)NC(=O)[C@H](CC(=O)O)NC(=O)[C@H](CO)NC(=O)[C@@H](NC(=O)[C@H](Cc1ccccc1)NC(=O)[C@@H](NC(=O)CNC(=O)[C@H](CCC(=O)O)NC(=O)CNC(=O)[C@@H](N)Cc1c[nH]cn1)[C@@H](C)O)[C@@H](C)O. The van der Waals surface area contributed by atoms with Gasteiger partial charge >= 0.3 is 11.9 Å². The van der Waals surface area contributed by atoms with Crippen molar-refractivity contribution < 1.29 is 83.1 Å². The van der Waals surface area contributed by atoms with Gasteiger partial charge in [-0.3, -0.25) is 57.5 Å². The molecule has 74 heavy (non-hydrogen) atoms. The van der Waals surface area contributed by atoms with Crippen LogP contribution in [0.4, 0.5) is 0 Å². The molecular formula is C45H65N12O17. The Morgan fingerprint density at radius 1 is 0.635 bits per heavy atom. The summed E-state index contributed by atoms with van der Waals surface area (Å²) in [6.07, 6.45) is -1.11. The second kappa shape index (κ2) is 31.5. The maximum absolute atomic E-state index is 13.9. The maximum atomic E-state index is 13.9. The Morgan fingerprint density at radius 2 is 1.18 bits per heavy atom. The van der Waals surface area contributed by atoms with Crippen molar-refractivity contribution >= 4 is 71.4 Å². The molecule has 407 valence electrons. The molecule has 2 aromatic rings. The number of rotatable bonds is 33. The largest absolute Gasteiger partial charge is 0.481 e. The number of benzene rings is 1. The fourth-order valence-corrected chi connectivity index (χ4v) is 6.69. The molecule has 0 fully saturated rings. The van der Waals surface area contributed by atoms with E-state index in [9.17, 15) is 83.1 Å². The minimum Gasteiger partial charge on any atom is -0.481 e. The van der Waals surface area contributed by atoms with Crippen LogP contribution >= 0.6 is 0 Å². The summed E-state index contributed by atoms with van der Waals surface area (Å²) in [7, 11) is 0. The molecule has 0 saturated heterocycles. The first-order valence-electron chi connectivity index (χ1n) is 23.1. The lowest BCUT2D eigenvalue weighted by molar-refractivity contribution is -0.141. The standard InChI is InChI=1S/C45H65N12O17/c1-22(2)12-27(19-58)51-41(70)31(15-36(66)67)53-43(72)32(20-59)55-45(74)38(24(4)61)57-42(71)30(13-25-8-6-5-7-9-25)54-44(73)37(23(3)60)56-34(63)18-49-40(69)29(10-11-35(64)65)52-33(62)17-48-39(68)28(46)14-26-16-47-21-50-26/h5-9,16,21-24,27-32,37-38,59-61H,10-15,17-18,20,46H2,1-4H3,(H,47,50)(H,48,68)(H,49,69)(H,51,70)(H,52,62)(H,53,72)(H,54,73)(H,55,74)(H,56,63)(H,57,71)(H,64,65)(H,66,67)/t23-,24-,27+,28+,29+,30+,31+,32+,37+,38+/m1/s1. The predicted molar refractivity (Wildman–Crippen MR) is 255 cm³/mol. The second-order valence-electron chi connectivity index (χ2n) is 17.3. The zero-order valence-corrected chi connectivity index (χ0v) is 40.9. The normalized spacial score (nSPS) is 15.0. The van der Waals surface area contributed by atoms with Gasteiger partial charge < -0.3 is 84.1 Å². The van der Waals surface area contributed by atoms with Crippen molar-refractivity contribution in [3.8, 4) is 0 Å². The summed E-state index contributed by atoms with van der Waals surface area (Å²) in [5.41, 5.74) is 6.76. The van der Waals surface area contributed by atoms with E-state index in [0.717, 1.165) is 13.8 Å². The van der Waals surface area contributed by atoms with Crippen LogP contribution in [0.25, 0.3) is 0 Å². The summed E-state index contributed by atoms with van der Waals surface area (Å²) in [6.45, 7) is 2.93. The average Bonchev–Trinajstić information content (AvgIpc) is 3.85. The summed E-state index contributed by atoms with van der Waals surface area (Å²) in [5.74, 6) is -12.7. The third kappa shape index (κ3) is 22.7. The number of nitrogens with zero attached hydrogens (tertiary/aromatic N) is 1. The minimum absolute atomic E-state index is 0.0323. The number of imidazole rings is 1. The van der Waals surface area contributed by atoms with Crippen LogP contribution in [0.15, 0.2) is 42.9 Å². The summed E-state index contributed by atoms with van der Waals surface area (Å²) in [5, 5.41) is 69.9. The van der Waals surface area contributed by atoms with Gasteiger partial charge in [-0.1, -0.05) is 44.2 Å². The fraction of sp³-hybridized carbons (Fsp3) is 0.533. The van der Waals surface area contributed by atoms with E-state index in [1.165, 1.54) is 12.5 Å². The van der Waals surface area contributed by atoms with Gasteiger partial charge in [0.05, 0.1) is 62.4 Å². The molecule has 29 nitrogen and oxygen atoms in total. The van der Waals surface area contributed by atoms with Crippen LogP contribution in [-0.2, 0) is 70.4 Å². The number of nitrogens with one attached hydrogen (secondary N) is 10. The number of aliphatic hydroxyl groups is 3. The lowest BCUT2D eigenvalue weighted by atomic mass is 10.0. The molecular weight excluding hydrogens is 981 g/mol. The molecule has 29 heteroatoms. The summed E-state index contributed by atoms with van der Waals surface area (Å²) in [4.78, 5) is 160. The van der Waals surface area contributed by atoms with Gasteiger partial charge in [-0.15, -0.1) is 0 Å². The molecule has 9 amide bonds. The van der Waals surface area contributed by atoms with Gasteiger partial charge in [0.1, 0.15) is 36.3 Å². The minimum atomic E-state index is -1.92. The highest BCUT2D eigenvalue weighted by Crippen LogP contribution is 2.08. The lowest BCUT2D eigenvalue weighted by Crippen LogP contribution is -2.63. The summed E-state index contributed by atoms with van der Waals surface area (Å²) < 4.78 is 0. The van der Waals surface area contributed by atoms with Crippen LogP contribution in [0.1, 0.15) is 64.6 Å². The number of aromatic amines is 1. The van der Waals surface area contributed by atoms with Crippen LogP contribution in [0.2, 0.25) is 0 Å². The summed E-state index contributed by atoms with van der Waals surface area (Å²) >= 11 is 0. The number of aromatic nitrogens is 2. The van der Waals surface area contributed by atoms with E-state index in [1.54, 1.807) is 50.5 Å². The van der Waals surface area contributed by atoms with Crippen molar-refractivity contribution in [2.24, 2.45) is 11.7 Å². The fourth-order valence-electron chi connectivity index (χ4n) is 6.69. The van der Waals surface area contributed by atoms with Crippen molar-refractivity contribution in [3.63, 3.8) is 0 Å². The van der Waals surface area contributed by atoms with Gasteiger partial charge in [0.25, 0.3) is 0 Å². The molecule has 0 aliphatic carbocycles. The highest BCUT2D eigenvalue weighted by atomic mass is 16.4. The predicted octanol–water partition coefficient (Wildman–Crippen LogP) is -6.60. The highest BCUT2D eigenvalue weighted by molar-refractivity contribution is 5.98. The Labute approximate surface area is 423 Å². The molecule has 1 aromatic carbocycles. The number of carboxylic acid groups (broad SMARTS) is 2. The first kappa shape index (κ1) is 62.2. The number of aliphatic carboxylic acids is 2. The molecule has 1 radical (unpaired) electrons. The number of hydrogen-bond acceptors (Lipinski definition) is 17. The topological polar surface area (TPSA) is 469 Å². The van der Waals surface area contributed by atoms with Gasteiger partial charge in [0.15, 0.2) is 0 Å². The number of carbonyl (C=O) groups is 11. The van der Waals surface area contributed by atoms with Crippen molar-refractivity contribution in [1.29, 1.82) is 0 Å². The number of carbonyl (C=O) groups excluding carboxylic acids is 10. The number of hydrogen-bond donors (Lipinski definition) is 16. The van der Waals surface area contributed by atoms with Gasteiger partial charge in [-0.2, -0.15) is 0 Å². The second-order valence-corrected chi connectivity index (χ2v) is 17.3. The van der Waals surface area contributed by atoms with Gasteiger partial charge in [0.2, 0.25) is 59.5 Å². The molecule has 0 aliphatic rings. The van der Waals surface area contributed by atoms with Crippen molar-refractivity contribution in [2.75, 3.05) is 19.7 Å². The van der Waals surface area contributed by atoms with Gasteiger partial charge in [-0.05, 0) is 38.2 Å². The van der Waals surface area contributed by atoms with E-state index in [-0.39, 0.29) is 25.2 Å². The molecule has 0 bridgehead atoms. The van der Waals surface area contributed by atoms with Crippen LogP contribution in [-0.4, -0.2) is 187 Å². The molecule has 10 atom stereocenters. The first-order valence-corrected chi connectivity index (χ1v) is 23.1. The third-order valence-electron chi connectivity index (χ3n) is 10.5.